The summed E-state index contributed by atoms with van der Waals surface area (Å²) in [5.74, 6) is 0.220. The van der Waals surface area contributed by atoms with Crippen molar-refractivity contribution < 1.29 is 14.3 Å². The van der Waals surface area contributed by atoms with Crippen LogP contribution in [0.15, 0.2) is 42.6 Å². The summed E-state index contributed by atoms with van der Waals surface area (Å²) >= 11 is 6.07. The Kier molecular flexibility index (Phi) is 6.36. The number of amides is 1. The number of anilines is 1. The van der Waals surface area contributed by atoms with Crippen molar-refractivity contribution in [1.29, 1.82) is 0 Å². The summed E-state index contributed by atoms with van der Waals surface area (Å²) in [6.45, 7) is 6.22. The van der Waals surface area contributed by atoms with Crippen LogP contribution >= 0.6 is 11.6 Å². The second-order valence-electron chi connectivity index (χ2n) is 7.32. The number of hydrogen-bond acceptors (Lipinski definition) is 7. The molecule has 1 fully saturated rings. The molecule has 32 heavy (non-hydrogen) atoms. The van der Waals surface area contributed by atoms with Gasteiger partial charge in [-0.25, -0.2) is 14.5 Å². The molecule has 0 radical (unpaired) electrons. The number of halogens is 1. The Bertz CT molecular complexity index is 1120. The fraction of sp³-hybridized carbons (Fsp3) is 0.318. The third kappa shape index (κ3) is 4.43. The van der Waals surface area contributed by atoms with E-state index in [4.69, 9.17) is 16.3 Å². The van der Waals surface area contributed by atoms with E-state index in [9.17, 15) is 9.59 Å². The van der Waals surface area contributed by atoms with Crippen LogP contribution in [-0.2, 0) is 4.74 Å². The third-order valence-corrected chi connectivity index (χ3v) is 5.53. The Labute approximate surface area is 190 Å². The van der Waals surface area contributed by atoms with Crippen molar-refractivity contribution in [2.45, 2.75) is 13.8 Å². The predicted octanol–water partition coefficient (Wildman–Crippen LogP) is 2.76. The number of pyridine rings is 1. The van der Waals surface area contributed by atoms with Gasteiger partial charge in [-0.05, 0) is 44.2 Å². The van der Waals surface area contributed by atoms with Gasteiger partial charge in [0.05, 0.1) is 23.6 Å². The molecule has 9 nitrogen and oxygen atoms in total. The molecule has 1 aromatic carbocycles. The molecule has 0 atom stereocenters. The van der Waals surface area contributed by atoms with Crippen LogP contribution in [-0.4, -0.2) is 69.5 Å². The number of aromatic nitrogens is 4. The first-order chi connectivity index (χ1) is 15.5. The van der Waals surface area contributed by atoms with Crippen LogP contribution in [0.5, 0.6) is 0 Å². The van der Waals surface area contributed by atoms with E-state index in [1.165, 1.54) is 6.20 Å². The maximum atomic E-state index is 13.1. The van der Waals surface area contributed by atoms with Gasteiger partial charge in [-0.15, -0.1) is 5.10 Å². The van der Waals surface area contributed by atoms with Gasteiger partial charge in [0.15, 0.2) is 5.69 Å². The lowest BCUT2D eigenvalue weighted by atomic mass is 10.2. The van der Waals surface area contributed by atoms with Gasteiger partial charge in [0.25, 0.3) is 5.91 Å². The molecule has 1 aliphatic rings. The molecule has 0 spiro atoms. The molecule has 0 N–H and O–H groups in total. The average molecular weight is 455 g/mol. The Morgan fingerprint density at radius 3 is 2.56 bits per heavy atom. The van der Waals surface area contributed by atoms with E-state index in [1.807, 2.05) is 19.1 Å². The Morgan fingerprint density at radius 1 is 1.12 bits per heavy atom. The van der Waals surface area contributed by atoms with Crippen molar-refractivity contribution in [3.05, 3.63) is 64.6 Å². The lowest BCUT2D eigenvalue weighted by molar-refractivity contribution is 0.0525. The van der Waals surface area contributed by atoms with Gasteiger partial charge < -0.3 is 14.5 Å². The Hall–Kier alpha value is -3.46. The zero-order valence-electron chi connectivity index (χ0n) is 17.9. The number of nitrogens with zero attached hydrogens (tertiary/aromatic N) is 6. The largest absolute Gasteiger partial charge is 0.462 e. The van der Waals surface area contributed by atoms with E-state index in [0.29, 0.717) is 54.8 Å². The zero-order valence-corrected chi connectivity index (χ0v) is 18.6. The highest BCUT2D eigenvalue weighted by Gasteiger charge is 2.27. The van der Waals surface area contributed by atoms with E-state index >= 15 is 0 Å². The highest BCUT2D eigenvalue weighted by atomic mass is 35.5. The lowest BCUT2D eigenvalue weighted by Gasteiger charge is -2.35. The van der Waals surface area contributed by atoms with Gasteiger partial charge in [0.1, 0.15) is 5.82 Å². The van der Waals surface area contributed by atoms with Crippen molar-refractivity contribution >= 4 is 29.3 Å². The standard InChI is InChI=1S/C22H23ClN6O3/c1-3-32-22(31)16-7-8-19(24-14-16)27-9-11-28(12-10-27)21(30)20-15(2)29(26-25-20)18-6-4-5-17(23)13-18/h4-8,13-14H,3,9-12H2,1-2H3. The molecule has 0 unspecified atom stereocenters. The fourth-order valence-corrected chi connectivity index (χ4v) is 3.76. The first-order valence-electron chi connectivity index (χ1n) is 10.3. The third-order valence-electron chi connectivity index (χ3n) is 5.30. The summed E-state index contributed by atoms with van der Waals surface area (Å²) in [6.07, 6.45) is 1.52. The van der Waals surface area contributed by atoms with E-state index in [2.05, 4.69) is 20.2 Å². The van der Waals surface area contributed by atoms with E-state index in [-0.39, 0.29) is 11.9 Å². The first kappa shape index (κ1) is 21.8. The Morgan fingerprint density at radius 2 is 1.91 bits per heavy atom. The molecule has 0 bridgehead atoms. The predicted molar refractivity (Wildman–Crippen MR) is 119 cm³/mol. The first-order valence-corrected chi connectivity index (χ1v) is 10.7. The molecule has 0 aliphatic carbocycles. The molecule has 0 saturated carbocycles. The molecular formula is C22H23ClN6O3. The monoisotopic (exact) mass is 454 g/mol. The minimum absolute atomic E-state index is 0.152. The molecule has 1 amide bonds. The number of esters is 1. The number of piperazine rings is 1. The molecule has 1 aliphatic heterocycles. The topological polar surface area (TPSA) is 93.5 Å². The van der Waals surface area contributed by atoms with Crippen molar-refractivity contribution in [2.75, 3.05) is 37.7 Å². The van der Waals surface area contributed by atoms with Crippen LogP contribution in [0.4, 0.5) is 5.82 Å². The van der Waals surface area contributed by atoms with Gasteiger partial charge in [0.2, 0.25) is 0 Å². The maximum Gasteiger partial charge on any atom is 0.339 e. The normalized spacial score (nSPS) is 13.8. The summed E-state index contributed by atoms with van der Waals surface area (Å²) in [5.41, 5.74) is 2.16. The molecule has 3 heterocycles. The second-order valence-corrected chi connectivity index (χ2v) is 7.76. The summed E-state index contributed by atoms with van der Waals surface area (Å²) in [4.78, 5) is 33.1. The van der Waals surface area contributed by atoms with Crippen LogP contribution in [0.25, 0.3) is 5.69 Å². The average Bonchev–Trinajstić information content (AvgIpc) is 3.20. The smallest absolute Gasteiger partial charge is 0.339 e. The van der Waals surface area contributed by atoms with Crippen LogP contribution in [0.2, 0.25) is 5.02 Å². The van der Waals surface area contributed by atoms with E-state index in [1.54, 1.807) is 40.8 Å². The zero-order chi connectivity index (χ0) is 22.7. The van der Waals surface area contributed by atoms with E-state index in [0.717, 1.165) is 11.5 Å². The maximum absolute atomic E-state index is 13.1. The van der Waals surface area contributed by atoms with Crippen LogP contribution < -0.4 is 4.90 Å². The molecule has 3 aromatic rings. The lowest BCUT2D eigenvalue weighted by Crippen LogP contribution is -2.49. The number of rotatable bonds is 5. The van der Waals surface area contributed by atoms with Crippen molar-refractivity contribution in [2.24, 2.45) is 0 Å². The number of ether oxygens (including phenoxy) is 1. The van der Waals surface area contributed by atoms with Crippen molar-refractivity contribution in [3.63, 3.8) is 0 Å². The summed E-state index contributed by atoms with van der Waals surface area (Å²) in [7, 11) is 0. The molecule has 2 aromatic heterocycles. The molecule has 4 rings (SSSR count). The molecular weight excluding hydrogens is 432 g/mol. The fourth-order valence-electron chi connectivity index (χ4n) is 3.58. The molecule has 10 heteroatoms. The summed E-state index contributed by atoms with van der Waals surface area (Å²) < 4.78 is 6.60. The quantitative estimate of drug-likeness (QED) is 0.547. The summed E-state index contributed by atoms with van der Waals surface area (Å²) in [5, 5.41) is 8.86. The van der Waals surface area contributed by atoms with Gasteiger partial charge in [-0.2, -0.15) is 0 Å². The van der Waals surface area contributed by atoms with Crippen LogP contribution in [0.3, 0.4) is 0 Å². The SMILES string of the molecule is CCOC(=O)c1ccc(N2CCN(C(=O)c3nnn(-c4cccc(Cl)c4)c3C)CC2)nc1. The van der Waals surface area contributed by atoms with Crippen LogP contribution in [0.1, 0.15) is 33.5 Å². The summed E-state index contributed by atoms with van der Waals surface area (Å²) in [6, 6.07) is 10.7. The van der Waals surface area contributed by atoms with Crippen molar-refractivity contribution in [1.82, 2.24) is 24.9 Å². The molecule has 166 valence electrons. The Balaban J connectivity index is 1.40. The number of hydrogen-bond donors (Lipinski definition) is 0. The van der Waals surface area contributed by atoms with Crippen molar-refractivity contribution in [3.8, 4) is 5.69 Å². The second kappa shape index (κ2) is 9.35. The number of carbonyl (C=O) groups is 2. The highest BCUT2D eigenvalue weighted by molar-refractivity contribution is 6.30. The minimum Gasteiger partial charge on any atom is -0.462 e. The number of carbonyl (C=O) groups excluding carboxylic acids is 2. The van der Waals surface area contributed by atoms with E-state index < -0.39 is 0 Å². The van der Waals surface area contributed by atoms with Gasteiger partial charge in [-0.3, -0.25) is 4.79 Å². The van der Waals surface area contributed by atoms with Crippen LogP contribution in [0, 0.1) is 6.92 Å². The number of benzene rings is 1. The highest BCUT2D eigenvalue weighted by Crippen LogP contribution is 2.19. The van der Waals surface area contributed by atoms with Gasteiger partial charge in [0, 0.05) is 37.4 Å². The van der Waals surface area contributed by atoms with Gasteiger partial charge >= 0.3 is 5.97 Å². The van der Waals surface area contributed by atoms with Gasteiger partial charge in [-0.1, -0.05) is 22.9 Å². The minimum atomic E-state index is -0.386. The molecule has 1 saturated heterocycles.